The lowest BCUT2D eigenvalue weighted by Crippen LogP contribution is -2.50. The highest BCUT2D eigenvalue weighted by molar-refractivity contribution is 6.29. The van der Waals surface area contributed by atoms with E-state index in [1.54, 1.807) is 17.2 Å². The summed E-state index contributed by atoms with van der Waals surface area (Å²) < 4.78 is 19.7. The summed E-state index contributed by atoms with van der Waals surface area (Å²) in [7, 11) is 0. The van der Waals surface area contributed by atoms with Gasteiger partial charge in [0.15, 0.2) is 5.82 Å². The van der Waals surface area contributed by atoms with Crippen LogP contribution in [0.2, 0.25) is 5.15 Å². The Morgan fingerprint density at radius 3 is 2.63 bits per heavy atom. The summed E-state index contributed by atoms with van der Waals surface area (Å²) in [4.78, 5) is 32.5. The van der Waals surface area contributed by atoms with Crippen LogP contribution in [0.3, 0.4) is 0 Å². The number of rotatable bonds is 4. The molecule has 3 aromatic heterocycles. The third-order valence-electron chi connectivity index (χ3n) is 6.63. The molecule has 38 heavy (non-hydrogen) atoms. The van der Waals surface area contributed by atoms with Gasteiger partial charge in [-0.1, -0.05) is 11.6 Å². The summed E-state index contributed by atoms with van der Waals surface area (Å²) in [6.07, 6.45) is 7.45. The summed E-state index contributed by atoms with van der Waals surface area (Å²) in [5, 5.41) is 0.306. The molecule has 3 atom stereocenters. The molecule has 0 spiro atoms. The van der Waals surface area contributed by atoms with Gasteiger partial charge in [0.1, 0.15) is 35.1 Å². The lowest BCUT2D eigenvalue weighted by atomic mass is 10.0. The van der Waals surface area contributed by atoms with Gasteiger partial charge in [0.25, 0.3) is 0 Å². The summed E-state index contributed by atoms with van der Waals surface area (Å²) >= 11 is 6.47. The van der Waals surface area contributed by atoms with Crippen molar-refractivity contribution in [1.82, 2.24) is 29.4 Å². The number of imidazole rings is 1. The SMILES string of the molecule is C[C@@H]1[C@@H](c2cc(Cl)nc(-c3cc(-c4nccn4C4CCCCO4)ncn3)c2)OCCN1C(=O)OC(C)(C)C. The van der Waals surface area contributed by atoms with Crippen LogP contribution in [0.1, 0.15) is 64.9 Å². The van der Waals surface area contributed by atoms with E-state index in [1.165, 1.54) is 6.33 Å². The highest BCUT2D eigenvalue weighted by Gasteiger charge is 2.36. The van der Waals surface area contributed by atoms with E-state index in [-0.39, 0.29) is 18.4 Å². The normalized spacial score (nSPS) is 22.3. The number of hydrogen-bond acceptors (Lipinski definition) is 8. The molecule has 1 unspecified atom stereocenters. The molecule has 5 rings (SSSR count). The van der Waals surface area contributed by atoms with Gasteiger partial charge in [-0.3, -0.25) is 0 Å². The number of nitrogens with zero attached hydrogens (tertiary/aromatic N) is 6. The van der Waals surface area contributed by atoms with Gasteiger partial charge >= 0.3 is 6.09 Å². The minimum Gasteiger partial charge on any atom is -0.444 e. The molecule has 11 heteroatoms. The van der Waals surface area contributed by atoms with Crippen LogP contribution in [0.25, 0.3) is 22.9 Å². The van der Waals surface area contributed by atoms with Crippen molar-refractivity contribution >= 4 is 17.7 Å². The van der Waals surface area contributed by atoms with Crippen LogP contribution >= 0.6 is 11.6 Å². The fourth-order valence-electron chi connectivity index (χ4n) is 4.86. The van der Waals surface area contributed by atoms with Crippen molar-refractivity contribution in [2.24, 2.45) is 0 Å². The lowest BCUT2D eigenvalue weighted by Gasteiger charge is -2.40. The van der Waals surface area contributed by atoms with Crippen molar-refractivity contribution in [1.29, 1.82) is 0 Å². The Labute approximate surface area is 227 Å². The van der Waals surface area contributed by atoms with Crippen LogP contribution in [0.4, 0.5) is 4.79 Å². The van der Waals surface area contributed by atoms with E-state index in [2.05, 4.69) is 19.9 Å². The zero-order valence-corrected chi connectivity index (χ0v) is 22.9. The van der Waals surface area contributed by atoms with E-state index in [0.717, 1.165) is 31.4 Å². The third-order valence-corrected chi connectivity index (χ3v) is 6.82. The molecule has 2 fully saturated rings. The van der Waals surface area contributed by atoms with Crippen LogP contribution < -0.4 is 0 Å². The zero-order chi connectivity index (χ0) is 26.9. The minimum atomic E-state index is -0.583. The zero-order valence-electron chi connectivity index (χ0n) is 22.1. The van der Waals surface area contributed by atoms with Crippen molar-refractivity contribution < 1.29 is 19.0 Å². The summed E-state index contributed by atoms with van der Waals surface area (Å²) in [6, 6.07) is 5.24. The first-order chi connectivity index (χ1) is 18.2. The number of amides is 1. The first-order valence-corrected chi connectivity index (χ1v) is 13.3. The van der Waals surface area contributed by atoms with E-state index < -0.39 is 11.7 Å². The molecular weight excluding hydrogens is 508 g/mol. The van der Waals surface area contributed by atoms with Gasteiger partial charge in [0, 0.05) is 25.5 Å². The van der Waals surface area contributed by atoms with Gasteiger partial charge in [-0.15, -0.1) is 0 Å². The second-order valence-electron chi connectivity index (χ2n) is 10.6. The first kappa shape index (κ1) is 26.5. The molecule has 2 saturated heterocycles. The van der Waals surface area contributed by atoms with Crippen molar-refractivity contribution in [3.8, 4) is 22.9 Å². The lowest BCUT2D eigenvalue weighted by molar-refractivity contribution is -0.0723. The monoisotopic (exact) mass is 540 g/mol. The number of aromatic nitrogens is 5. The highest BCUT2D eigenvalue weighted by Crippen LogP contribution is 2.33. The molecule has 0 N–H and O–H groups in total. The molecule has 10 nitrogen and oxygen atoms in total. The fourth-order valence-corrected chi connectivity index (χ4v) is 5.07. The summed E-state index contributed by atoms with van der Waals surface area (Å²) in [5.41, 5.74) is 2.06. The molecular formula is C27H33ClN6O4. The van der Waals surface area contributed by atoms with Crippen LogP contribution in [-0.2, 0) is 14.2 Å². The number of hydrogen-bond donors (Lipinski definition) is 0. The second-order valence-corrected chi connectivity index (χ2v) is 11.0. The number of ether oxygens (including phenoxy) is 3. The molecule has 0 saturated carbocycles. The smallest absolute Gasteiger partial charge is 0.410 e. The summed E-state index contributed by atoms with van der Waals surface area (Å²) in [6.45, 7) is 9.07. The first-order valence-electron chi connectivity index (χ1n) is 13.0. The van der Waals surface area contributed by atoms with Crippen LogP contribution in [0.15, 0.2) is 36.9 Å². The molecule has 1 amide bonds. The molecule has 5 heterocycles. The predicted molar refractivity (Wildman–Crippen MR) is 141 cm³/mol. The average Bonchev–Trinajstić information content (AvgIpc) is 3.38. The second kappa shape index (κ2) is 11.0. The van der Waals surface area contributed by atoms with Gasteiger partial charge in [0.2, 0.25) is 0 Å². The van der Waals surface area contributed by atoms with E-state index in [0.29, 0.717) is 41.2 Å². The van der Waals surface area contributed by atoms with E-state index in [9.17, 15) is 4.79 Å². The minimum absolute atomic E-state index is 0.0616. The molecule has 3 aromatic rings. The van der Waals surface area contributed by atoms with E-state index in [4.69, 9.17) is 25.8 Å². The molecule has 2 aliphatic heterocycles. The van der Waals surface area contributed by atoms with Gasteiger partial charge in [-0.25, -0.2) is 24.7 Å². The van der Waals surface area contributed by atoms with Crippen LogP contribution in [0.5, 0.6) is 0 Å². The third kappa shape index (κ3) is 5.82. The molecule has 0 radical (unpaired) electrons. The van der Waals surface area contributed by atoms with Crippen molar-refractivity contribution in [3.63, 3.8) is 0 Å². The Morgan fingerprint density at radius 2 is 1.87 bits per heavy atom. The molecule has 0 aromatic carbocycles. The maximum atomic E-state index is 12.8. The highest BCUT2D eigenvalue weighted by atomic mass is 35.5. The molecule has 2 aliphatic rings. The van der Waals surface area contributed by atoms with Gasteiger partial charge < -0.3 is 23.7 Å². The number of carbonyl (C=O) groups is 1. The Bertz CT molecular complexity index is 1290. The molecule has 202 valence electrons. The quantitative estimate of drug-likeness (QED) is 0.402. The molecule has 0 bridgehead atoms. The average molecular weight is 541 g/mol. The van der Waals surface area contributed by atoms with Crippen molar-refractivity contribution in [2.75, 3.05) is 19.8 Å². The van der Waals surface area contributed by atoms with Crippen molar-refractivity contribution in [2.45, 2.75) is 70.9 Å². The summed E-state index contributed by atoms with van der Waals surface area (Å²) in [5.74, 6) is 0.708. The predicted octanol–water partition coefficient (Wildman–Crippen LogP) is 5.45. The Balaban J connectivity index is 1.42. The standard InChI is InChI=1S/C27H33ClN6O4/c1-17-24(37-12-10-33(17)26(35)38-27(2,3)4)18-13-20(32-22(28)14-18)19-15-21(31-16-30-19)25-29-8-9-34(25)23-7-5-6-11-36-23/h8-9,13-17,23-24H,5-7,10-12H2,1-4H3/t17-,23?,24+/m1/s1. The fraction of sp³-hybridized carbons (Fsp3) is 0.519. The largest absolute Gasteiger partial charge is 0.444 e. The Kier molecular flexibility index (Phi) is 7.65. The van der Waals surface area contributed by atoms with E-state index in [1.807, 2.05) is 50.6 Å². The number of carbonyl (C=O) groups excluding carboxylic acids is 1. The maximum Gasteiger partial charge on any atom is 0.410 e. The topological polar surface area (TPSA) is 104 Å². The molecule has 0 aliphatic carbocycles. The maximum absolute atomic E-state index is 12.8. The number of pyridine rings is 1. The Hall–Kier alpha value is -3.08. The van der Waals surface area contributed by atoms with E-state index >= 15 is 0 Å². The Morgan fingerprint density at radius 1 is 1.05 bits per heavy atom. The van der Waals surface area contributed by atoms with Crippen molar-refractivity contribution in [3.05, 3.63) is 47.6 Å². The van der Waals surface area contributed by atoms with Crippen LogP contribution in [0, 0.1) is 0 Å². The van der Waals surface area contributed by atoms with Gasteiger partial charge in [-0.05, 0) is 70.7 Å². The van der Waals surface area contributed by atoms with Gasteiger partial charge in [0.05, 0.1) is 24.0 Å². The number of morpholine rings is 1. The van der Waals surface area contributed by atoms with Crippen LogP contribution in [-0.4, -0.2) is 66.9 Å². The van der Waals surface area contributed by atoms with Gasteiger partial charge in [-0.2, -0.15) is 0 Å². The number of halogens is 1.